The highest BCUT2D eigenvalue weighted by Gasteiger charge is 2.32. The van der Waals surface area contributed by atoms with E-state index in [1.54, 1.807) is 13.4 Å². The van der Waals surface area contributed by atoms with E-state index in [9.17, 15) is 5.26 Å². The van der Waals surface area contributed by atoms with Crippen LogP contribution >= 0.6 is 0 Å². The summed E-state index contributed by atoms with van der Waals surface area (Å²) in [5.74, 6) is 2.56. The van der Waals surface area contributed by atoms with Crippen molar-refractivity contribution < 1.29 is 4.74 Å². The predicted octanol–water partition coefficient (Wildman–Crippen LogP) is 4.62. The molecule has 3 aromatic rings. The van der Waals surface area contributed by atoms with Crippen LogP contribution in [0, 0.1) is 23.7 Å². The standard InChI is InChI=1S/C27H32N8O/c1-5-33-18-29-31-25(33)21-6-7-23(24(15-21)36-4)32-35-11-8-20-14-19(2)30-26(22(20)16-35)34-12-9-27(3,17-28)10-13-34/h6-8,11,14-15,18,32H,5,9-10,12-13,16H2,1-4H3. The Hall–Kier alpha value is -4.06. The molecule has 0 atom stereocenters. The molecule has 0 radical (unpaired) electrons. The van der Waals surface area contributed by atoms with Gasteiger partial charge in [0.05, 0.1) is 30.8 Å². The molecule has 2 aliphatic rings. The van der Waals surface area contributed by atoms with Crippen LogP contribution < -0.4 is 15.1 Å². The fraction of sp³-hybridized carbons (Fsp3) is 0.407. The van der Waals surface area contributed by atoms with Gasteiger partial charge in [0.25, 0.3) is 0 Å². The number of piperidine rings is 1. The van der Waals surface area contributed by atoms with Gasteiger partial charge in [-0.1, -0.05) is 0 Å². The number of hydrogen-bond acceptors (Lipinski definition) is 8. The van der Waals surface area contributed by atoms with Crippen molar-refractivity contribution in [2.75, 3.05) is 30.5 Å². The lowest BCUT2D eigenvalue weighted by Crippen LogP contribution is -2.40. The Labute approximate surface area is 212 Å². The molecule has 1 fully saturated rings. The van der Waals surface area contributed by atoms with Crippen LogP contribution in [0.1, 0.15) is 43.5 Å². The van der Waals surface area contributed by atoms with Gasteiger partial charge in [-0.15, -0.1) is 10.2 Å². The maximum atomic E-state index is 9.53. The van der Waals surface area contributed by atoms with Crippen LogP contribution in [-0.2, 0) is 13.1 Å². The Kier molecular flexibility index (Phi) is 6.27. The minimum Gasteiger partial charge on any atom is -0.494 e. The average Bonchev–Trinajstić information content (AvgIpc) is 3.38. The van der Waals surface area contributed by atoms with Crippen LogP contribution in [0.2, 0.25) is 0 Å². The van der Waals surface area contributed by atoms with Gasteiger partial charge in [-0.05, 0) is 69.5 Å². The number of nitrogens with one attached hydrogen (secondary N) is 1. The van der Waals surface area contributed by atoms with E-state index in [1.165, 1.54) is 11.1 Å². The maximum Gasteiger partial charge on any atom is 0.163 e. The molecule has 0 unspecified atom stereocenters. The molecule has 0 bridgehead atoms. The lowest BCUT2D eigenvalue weighted by molar-refractivity contribution is 0.335. The highest BCUT2D eigenvalue weighted by Crippen LogP contribution is 2.36. The molecule has 4 heterocycles. The lowest BCUT2D eigenvalue weighted by Gasteiger charge is -2.38. The monoisotopic (exact) mass is 484 g/mol. The van der Waals surface area contributed by atoms with Crippen molar-refractivity contribution in [3.63, 3.8) is 0 Å². The number of hydrogen-bond donors (Lipinski definition) is 1. The van der Waals surface area contributed by atoms with Crippen molar-refractivity contribution in [2.45, 2.75) is 46.7 Å². The molecule has 1 aromatic carbocycles. The van der Waals surface area contributed by atoms with Crippen LogP contribution in [-0.4, -0.2) is 45.0 Å². The molecular weight excluding hydrogens is 452 g/mol. The van der Waals surface area contributed by atoms with E-state index in [-0.39, 0.29) is 5.41 Å². The third-order valence-corrected chi connectivity index (χ3v) is 7.14. The largest absolute Gasteiger partial charge is 0.494 e. The summed E-state index contributed by atoms with van der Waals surface area (Å²) in [5, 5.41) is 19.9. The summed E-state index contributed by atoms with van der Waals surface area (Å²) in [6.45, 7) is 9.29. The van der Waals surface area contributed by atoms with Crippen molar-refractivity contribution in [3.8, 4) is 23.2 Å². The van der Waals surface area contributed by atoms with Gasteiger partial charge in [0, 0.05) is 42.7 Å². The van der Waals surface area contributed by atoms with Gasteiger partial charge in [-0.25, -0.2) is 4.98 Å². The van der Waals surface area contributed by atoms with Crippen molar-refractivity contribution >= 4 is 17.6 Å². The number of methoxy groups -OCH3 is 1. The van der Waals surface area contributed by atoms with E-state index in [0.717, 1.165) is 66.8 Å². The minimum absolute atomic E-state index is 0.249. The zero-order chi connectivity index (χ0) is 25.3. The molecule has 1 N–H and O–H groups in total. The Bertz CT molecular complexity index is 1330. The van der Waals surface area contributed by atoms with E-state index >= 15 is 0 Å². The fourth-order valence-corrected chi connectivity index (χ4v) is 4.86. The zero-order valence-corrected chi connectivity index (χ0v) is 21.3. The summed E-state index contributed by atoms with van der Waals surface area (Å²) in [5.41, 5.74) is 8.43. The molecule has 186 valence electrons. The third kappa shape index (κ3) is 4.47. The van der Waals surface area contributed by atoms with Gasteiger partial charge >= 0.3 is 0 Å². The molecule has 0 spiro atoms. The first-order valence-electron chi connectivity index (χ1n) is 12.4. The summed E-state index contributed by atoms with van der Waals surface area (Å²) in [7, 11) is 1.67. The number of pyridine rings is 1. The van der Waals surface area contributed by atoms with E-state index in [2.05, 4.69) is 63.8 Å². The van der Waals surface area contributed by atoms with Gasteiger partial charge in [0.2, 0.25) is 0 Å². The second kappa shape index (κ2) is 9.53. The number of aromatic nitrogens is 4. The molecule has 2 aliphatic heterocycles. The van der Waals surface area contributed by atoms with Crippen LogP contribution in [0.3, 0.4) is 0 Å². The smallest absolute Gasteiger partial charge is 0.163 e. The normalized spacial score (nSPS) is 16.4. The summed E-state index contributed by atoms with van der Waals surface area (Å²) in [4.78, 5) is 7.26. The van der Waals surface area contributed by atoms with Crippen LogP contribution in [0.15, 0.2) is 36.8 Å². The molecule has 5 rings (SSSR count). The van der Waals surface area contributed by atoms with Crippen molar-refractivity contribution in [2.24, 2.45) is 5.41 Å². The first-order valence-corrected chi connectivity index (χ1v) is 12.4. The molecule has 1 saturated heterocycles. The molecule has 9 heteroatoms. The SMILES string of the molecule is CCn1cnnc1-c1ccc(NN2C=Cc3cc(C)nc(N4CCC(C)(C#N)CC4)c3C2)c(OC)c1. The predicted molar refractivity (Wildman–Crippen MR) is 140 cm³/mol. The summed E-state index contributed by atoms with van der Waals surface area (Å²) < 4.78 is 7.72. The fourth-order valence-electron chi connectivity index (χ4n) is 4.86. The van der Waals surface area contributed by atoms with Gasteiger partial charge in [-0.2, -0.15) is 5.26 Å². The number of nitrogens with zero attached hydrogens (tertiary/aromatic N) is 7. The zero-order valence-electron chi connectivity index (χ0n) is 21.3. The Balaban J connectivity index is 1.38. The molecule has 0 saturated carbocycles. The van der Waals surface area contributed by atoms with Crippen molar-refractivity contribution in [1.29, 1.82) is 5.26 Å². The number of fused-ring (bicyclic) bond motifs is 1. The summed E-state index contributed by atoms with van der Waals surface area (Å²) in [6.07, 6.45) is 7.61. The molecule has 0 aliphatic carbocycles. The average molecular weight is 485 g/mol. The number of nitriles is 1. The highest BCUT2D eigenvalue weighted by atomic mass is 16.5. The van der Waals surface area contributed by atoms with Gasteiger partial charge in [0.1, 0.15) is 17.9 Å². The number of benzene rings is 1. The molecule has 9 nitrogen and oxygen atoms in total. The molecule has 2 aromatic heterocycles. The van der Waals surface area contributed by atoms with E-state index in [0.29, 0.717) is 6.54 Å². The van der Waals surface area contributed by atoms with Crippen LogP contribution in [0.4, 0.5) is 11.5 Å². The van der Waals surface area contributed by atoms with E-state index in [1.807, 2.05) is 29.7 Å². The highest BCUT2D eigenvalue weighted by molar-refractivity contribution is 5.68. The maximum absolute atomic E-state index is 9.53. The molecular formula is C27H32N8O. The minimum atomic E-state index is -0.249. The van der Waals surface area contributed by atoms with Crippen LogP contribution in [0.25, 0.3) is 17.5 Å². The molecule has 0 amide bonds. The Morgan fingerprint density at radius 2 is 2.03 bits per heavy atom. The van der Waals surface area contributed by atoms with Crippen molar-refractivity contribution in [3.05, 3.63) is 53.6 Å². The molecule has 36 heavy (non-hydrogen) atoms. The second-order valence-electron chi connectivity index (χ2n) is 9.73. The number of hydrazine groups is 1. The first kappa shape index (κ1) is 23.7. The summed E-state index contributed by atoms with van der Waals surface area (Å²) >= 11 is 0. The number of anilines is 2. The summed E-state index contributed by atoms with van der Waals surface area (Å²) in [6, 6.07) is 10.6. The quantitative estimate of drug-likeness (QED) is 0.542. The Morgan fingerprint density at radius 3 is 2.75 bits per heavy atom. The lowest BCUT2D eigenvalue weighted by atomic mass is 9.82. The van der Waals surface area contributed by atoms with Gasteiger partial charge in [0.15, 0.2) is 5.82 Å². The first-order chi connectivity index (χ1) is 17.4. The number of aryl methyl sites for hydroxylation is 2. The van der Waals surface area contributed by atoms with E-state index < -0.39 is 0 Å². The van der Waals surface area contributed by atoms with Gasteiger partial charge in [-0.3, -0.25) is 10.4 Å². The Morgan fingerprint density at radius 1 is 1.22 bits per heavy atom. The van der Waals surface area contributed by atoms with Gasteiger partial charge < -0.3 is 14.2 Å². The topological polar surface area (TPSA) is 95.1 Å². The second-order valence-corrected chi connectivity index (χ2v) is 9.73. The van der Waals surface area contributed by atoms with Crippen LogP contribution in [0.5, 0.6) is 5.75 Å². The third-order valence-electron chi connectivity index (χ3n) is 7.14. The van der Waals surface area contributed by atoms with E-state index in [4.69, 9.17) is 9.72 Å². The number of rotatable bonds is 6. The number of ether oxygens (including phenoxy) is 1. The van der Waals surface area contributed by atoms with Crippen molar-refractivity contribution in [1.82, 2.24) is 24.8 Å².